The first kappa shape index (κ1) is 13.4. The van der Waals surface area contributed by atoms with E-state index in [9.17, 15) is 9.90 Å². The lowest BCUT2D eigenvalue weighted by atomic mass is 10.1. The van der Waals surface area contributed by atoms with Gasteiger partial charge >= 0.3 is 0 Å². The second-order valence-electron chi connectivity index (χ2n) is 5.00. The van der Waals surface area contributed by atoms with Gasteiger partial charge in [-0.15, -0.1) is 0 Å². The highest BCUT2D eigenvalue weighted by molar-refractivity contribution is 5.75. The van der Waals surface area contributed by atoms with Crippen molar-refractivity contribution in [1.29, 1.82) is 0 Å². The van der Waals surface area contributed by atoms with E-state index in [1.807, 2.05) is 12.1 Å². The molecule has 0 radical (unpaired) electrons. The first-order valence-corrected chi connectivity index (χ1v) is 6.91. The zero-order valence-corrected chi connectivity index (χ0v) is 11.7. The molecule has 0 bridgehead atoms. The Balaban J connectivity index is 2.00. The maximum atomic E-state index is 12.1. The van der Waals surface area contributed by atoms with Gasteiger partial charge in [0.1, 0.15) is 22.6 Å². The standard InChI is InChI=1S/C15H16N4O2/c1-2-3-11-13-14(19-18-11)15(21)17-12(16-13)8-9-4-6-10(20)7-5-9/h4-7,20H,2-3,8H2,1H3,(H,18,19)(H,16,17,21). The lowest BCUT2D eigenvalue weighted by molar-refractivity contribution is 0.475. The lowest BCUT2D eigenvalue weighted by Gasteiger charge is -2.02. The van der Waals surface area contributed by atoms with Crippen LogP contribution in [0, 0.1) is 0 Å². The number of hydrogen-bond donors (Lipinski definition) is 3. The average molecular weight is 284 g/mol. The molecule has 3 rings (SSSR count). The van der Waals surface area contributed by atoms with Crippen LogP contribution in [0.3, 0.4) is 0 Å². The Hall–Kier alpha value is -2.63. The van der Waals surface area contributed by atoms with Crippen molar-refractivity contribution in [3.8, 4) is 5.75 Å². The molecule has 0 spiro atoms. The van der Waals surface area contributed by atoms with Crippen molar-refractivity contribution in [3.05, 3.63) is 51.7 Å². The van der Waals surface area contributed by atoms with Crippen molar-refractivity contribution in [2.24, 2.45) is 0 Å². The van der Waals surface area contributed by atoms with E-state index in [1.54, 1.807) is 12.1 Å². The average Bonchev–Trinajstić information content (AvgIpc) is 2.86. The summed E-state index contributed by atoms with van der Waals surface area (Å²) in [5, 5.41) is 16.2. The largest absolute Gasteiger partial charge is 0.508 e. The molecule has 6 nitrogen and oxygen atoms in total. The number of fused-ring (bicyclic) bond motifs is 1. The summed E-state index contributed by atoms with van der Waals surface area (Å²) in [5.41, 5.74) is 2.66. The van der Waals surface area contributed by atoms with Crippen LogP contribution in [0.5, 0.6) is 5.75 Å². The topological polar surface area (TPSA) is 94.7 Å². The van der Waals surface area contributed by atoms with E-state index in [2.05, 4.69) is 27.1 Å². The molecule has 0 saturated carbocycles. The molecule has 2 heterocycles. The van der Waals surface area contributed by atoms with Gasteiger partial charge < -0.3 is 10.1 Å². The number of nitrogens with zero attached hydrogens (tertiary/aromatic N) is 2. The maximum absolute atomic E-state index is 12.1. The molecule has 0 atom stereocenters. The zero-order chi connectivity index (χ0) is 14.8. The quantitative estimate of drug-likeness (QED) is 0.682. The summed E-state index contributed by atoms with van der Waals surface area (Å²) < 4.78 is 0. The number of hydrogen-bond acceptors (Lipinski definition) is 4. The van der Waals surface area contributed by atoms with Gasteiger partial charge in [-0.25, -0.2) is 4.98 Å². The van der Waals surface area contributed by atoms with Gasteiger partial charge in [0, 0.05) is 6.42 Å². The second-order valence-corrected chi connectivity index (χ2v) is 5.00. The molecule has 1 aromatic carbocycles. The second kappa shape index (κ2) is 5.40. The zero-order valence-electron chi connectivity index (χ0n) is 11.7. The van der Waals surface area contributed by atoms with E-state index < -0.39 is 0 Å². The third kappa shape index (κ3) is 2.65. The number of aryl methyl sites for hydroxylation is 1. The van der Waals surface area contributed by atoms with E-state index >= 15 is 0 Å². The summed E-state index contributed by atoms with van der Waals surface area (Å²) in [5.74, 6) is 0.813. The van der Waals surface area contributed by atoms with Gasteiger partial charge in [0.25, 0.3) is 5.56 Å². The number of aromatic hydroxyl groups is 1. The summed E-state index contributed by atoms with van der Waals surface area (Å²) >= 11 is 0. The molecule has 0 unspecified atom stereocenters. The van der Waals surface area contributed by atoms with Crippen molar-refractivity contribution in [2.75, 3.05) is 0 Å². The SMILES string of the molecule is CCCc1n[nH]c2c(=O)[nH]c(Cc3ccc(O)cc3)nc12. The number of nitrogens with one attached hydrogen (secondary N) is 2. The minimum Gasteiger partial charge on any atom is -0.508 e. The van der Waals surface area contributed by atoms with Crippen molar-refractivity contribution in [2.45, 2.75) is 26.2 Å². The number of rotatable bonds is 4. The van der Waals surface area contributed by atoms with Gasteiger partial charge in [0.05, 0.1) is 5.69 Å². The molecule has 3 N–H and O–H groups in total. The third-order valence-electron chi connectivity index (χ3n) is 3.34. The predicted molar refractivity (Wildman–Crippen MR) is 79.4 cm³/mol. The molecule has 3 aromatic rings. The number of benzene rings is 1. The molecule has 0 fully saturated rings. The smallest absolute Gasteiger partial charge is 0.276 e. The normalized spacial score (nSPS) is 11.1. The Morgan fingerprint density at radius 2 is 2.00 bits per heavy atom. The first-order valence-electron chi connectivity index (χ1n) is 6.91. The van der Waals surface area contributed by atoms with Crippen LogP contribution in [0.25, 0.3) is 11.0 Å². The van der Waals surface area contributed by atoms with Crippen LogP contribution in [0.15, 0.2) is 29.1 Å². The van der Waals surface area contributed by atoms with Crippen LogP contribution in [0.1, 0.15) is 30.4 Å². The van der Waals surface area contributed by atoms with E-state index in [1.165, 1.54) is 0 Å². The Kier molecular flexibility index (Phi) is 3.43. The summed E-state index contributed by atoms with van der Waals surface area (Å²) in [4.78, 5) is 19.3. The van der Waals surface area contributed by atoms with Crippen molar-refractivity contribution in [3.63, 3.8) is 0 Å². The summed E-state index contributed by atoms with van der Waals surface area (Å²) in [6.07, 6.45) is 2.24. The van der Waals surface area contributed by atoms with Crippen molar-refractivity contribution in [1.82, 2.24) is 20.2 Å². The van der Waals surface area contributed by atoms with E-state index in [0.717, 1.165) is 24.1 Å². The van der Waals surface area contributed by atoms with Gasteiger partial charge in [0.15, 0.2) is 0 Å². The highest BCUT2D eigenvalue weighted by Crippen LogP contribution is 2.14. The molecule has 2 aromatic heterocycles. The van der Waals surface area contributed by atoms with Crippen LogP contribution in [-0.4, -0.2) is 25.3 Å². The van der Waals surface area contributed by atoms with E-state index in [0.29, 0.717) is 23.3 Å². The summed E-state index contributed by atoms with van der Waals surface area (Å²) in [7, 11) is 0. The minimum absolute atomic E-state index is 0.205. The van der Waals surface area contributed by atoms with Crippen molar-refractivity contribution >= 4 is 11.0 Å². The Morgan fingerprint density at radius 1 is 1.24 bits per heavy atom. The van der Waals surface area contributed by atoms with Crippen LogP contribution in [0.2, 0.25) is 0 Å². The highest BCUT2D eigenvalue weighted by atomic mass is 16.3. The monoisotopic (exact) mass is 284 g/mol. The van der Waals surface area contributed by atoms with E-state index in [4.69, 9.17) is 0 Å². The maximum Gasteiger partial charge on any atom is 0.276 e. The molecule has 21 heavy (non-hydrogen) atoms. The van der Waals surface area contributed by atoms with Gasteiger partial charge in [0.2, 0.25) is 0 Å². The van der Waals surface area contributed by atoms with Gasteiger partial charge in [-0.3, -0.25) is 9.89 Å². The number of aromatic amines is 2. The van der Waals surface area contributed by atoms with Crippen LogP contribution >= 0.6 is 0 Å². The molecule has 0 aliphatic rings. The Bertz CT molecular complexity index is 818. The molecular weight excluding hydrogens is 268 g/mol. The molecule has 0 amide bonds. The fourth-order valence-corrected chi connectivity index (χ4v) is 2.31. The number of phenolic OH excluding ortho intramolecular Hbond substituents is 1. The first-order chi connectivity index (χ1) is 10.2. The molecule has 108 valence electrons. The van der Waals surface area contributed by atoms with Crippen LogP contribution < -0.4 is 5.56 Å². The van der Waals surface area contributed by atoms with Gasteiger partial charge in [-0.05, 0) is 24.1 Å². The number of phenols is 1. The Morgan fingerprint density at radius 3 is 2.71 bits per heavy atom. The fourth-order valence-electron chi connectivity index (χ4n) is 2.31. The van der Waals surface area contributed by atoms with E-state index in [-0.39, 0.29) is 11.3 Å². The predicted octanol–water partition coefficient (Wildman–Crippen LogP) is 1.90. The number of H-pyrrole nitrogens is 2. The van der Waals surface area contributed by atoms with Crippen LogP contribution in [-0.2, 0) is 12.8 Å². The van der Waals surface area contributed by atoms with Crippen molar-refractivity contribution < 1.29 is 5.11 Å². The fraction of sp³-hybridized carbons (Fsp3) is 0.267. The van der Waals surface area contributed by atoms with Gasteiger partial charge in [-0.2, -0.15) is 5.10 Å². The molecule has 6 heteroatoms. The summed E-state index contributed by atoms with van der Waals surface area (Å²) in [6, 6.07) is 6.85. The lowest BCUT2D eigenvalue weighted by Crippen LogP contribution is -2.12. The Labute approximate surface area is 120 Å². The molecule has 0 saturated heterocycles. The number of aromatic nitrogens is 4. The molecule has 0 aliphatic carbocycles. The third-order valence-corrected chi connectivity index (χ3v) is 3.34. The minimum atomic E-state index is -0.205. The highest BCUT2D eigenvalue weighted by Gasteiger charge is 2.11. The van der Waals surface area contributed by atoms with Gasteiger partial charge in [-0.1, -0.05) is 25.5 Å². The molecular formula is C15H16N4O2. The molecule has 0 aliphatic heterocycles. The summed E-state index contributed by atoms with van der Waals surface area (Å²) in [6.45, 7) is 2.06. The van der Waals surface area contributed by atoms with Crippen LogP contribution in [0.4, 0.5) is 0 Å².